The van der Waals surface area contributed by atoms with Crippen LogP contribution < -0.4 is 11.1 Å². The number of hydrogen-bond acceptors (Lipinski definition) is 3. The van der Waals surface area contributed by atoms with Gasteiger partial charge in [0.2, 0.25) is 5.91 Å². The second-order valence-corrected chi connectivity index (χ2v) is 4.93. The van der Waals surface area contributed by atoms with Crippen LogP contribution in [-0.2, 0) is 11.2 Å². The number of carbonyl (C=O) groups excluding carboxylic acids is 1. The molecule has 4 nitrogen and oxygen atoms in total. The molecule has 3 N–H and O–H groups in total. The number of hydrogen-bond donors (Lipinski definition) is 2. The number of carbonyl (C=O) groups is 1. The second-order valence-electron chi connectivity index (χ2n) is 4.93. The van der Waals surface area contributed by atoms with E-state index in [1.165, 1.54) is 0 Å². The predicted octanol–water partition coefficient (Wildman–Crippen LogP) is 1.70. The van der Waals surface area contributed by atoms with E-state index in [2.05, 4.69) is 19.2 Å². The third-order valence-electron chi connectivity index (χ3n) is 2.54. The highest BCUT2D eigenvalue weighted by Gasteiger charge is 2.17. The molecule has 0 saturated carbocycles. The van der Waals surface area contributed by atoms with Crippen LogP contribution in [0.4, 0.5) is 0 Å². The van der Waals surface area contributed by atoms with Crippen LogP contribution >= 0.6 is 0 Å². The van der Waals surface area contributed by atoms with Crippen molar-refractivity contribution < 1.29 is 9.21 Å². The third-order valence-corrected chi connectivity index (χ3v) is 2.54. The number of nitrogens with one attached hydrogen (secondary N) is 1. The number of amides is 1. The van der Waals surface area contributed by atoms with E-state index in [1.807, 2.05) is 19.1 Å². The van der Waals surface area contributed by atoms with E-state index < -0.39 is 6.04 Å². The molecule has 0 aliphatic carbocycles. The van der Waals surface area contributed by atoms with Crippen molar-refractivity contribution in [3.63, 3.8) is 0 Å². The molecule has 4 heteroatoms. The largest absolute Gasteiger partial charge is 0.469 e. The van der Waals surface area contributed by atoms with Gasteiger partial charge in [0.05, 0.1) is 12.3 Å². The fourth-order valence-electron chi connectivity index (χ4n) is 1.75. The summed E-state index contributed by atoms with van der Waals surface area (Å²) in [7, 11) is 0. The summed E-state index contributed by atoms with van der Waals surface area (Å²) in [6.45, 7) is 6.06. The molecule has 1 heterocycles. The molecule has 0 fully saturated rings. The van der Waals surface area contributed by atoms with Crippen LogP contribution in [0.25, 0.3) is 0 Å². The van der Waals surface area contributed by atoms with Gasteiger partial charge in [-0.25, -0.2) is 0 Å². The van der Waals surface area contributed by atoms with Crippen molar-refractivity contribution in [2.24, 2.45) is 11.7 Å². The smallest absolute Gasteiger partial charge is 0.237 e. The van der Waals surface area contributed by atoms with Crippen LogP contribution in [0.2, 0.25) is 0 Å². The fraction of sp³-hybridized carbons (Fsp3) is 0.615. The Morgan fingerprint density at radius 2 is 2.18 bits per heavy atom. The molecular formula is C13H22N2O2. The summed E-state index contributed by atoms with van der Waals surface area (Å²) in [5.74, 6) is 1.21. The van der Waals surface area contributed by atoms with E-state index in [9.17, 15) is 4.79 Å². The van der Waals surface area contributed by atoms with Gasteiger partial charge in [0.1, 0.15) is 5.76 Å². The quantitative estimate of drug-likeness (QED) is 0.792. The maximum atomic E-state index is 11.8. The minimum absolute atomic E-state index is 0.0341. The molecular weight excluding hydrogens is 216 g/mol. The van der Waals surface area contributed by atoms with E-state index in [-0.39, 0.29) is 11.9 Å². The van der Waals surface area contributed by atoms with E-state index in [1.54, 1.807) is 6.26 Å². The third kappa shape index (κ3) is 5.04. The molecule has 0 aromatic carbocycles. The van der Waals surface area contributed by atoms with Crippen molar-refractivity contribution in [3.05, 3.63) is 24.2 Å². The van der Waals surface area contributed by atoms with Crippen LogP contribution in [0, 0.1) is 5.92 Å². The molecule has 1 rings (SSSR count). The molecule has 96 valence electrons. The Morgan fingerprint density at radius 1 is 1.47 bits per heavy atom. The Hall–Kier alpha value is -1.29. The summed E-state index contributed by atoms with van der Waals surface area (Å²) in [5, 5.41) is 2.90. The topological polar surface area (TPSA) is 68.3 Å². The molecule has 0 aliphatic heterocycles. The van der Waals surface area contributed by atoms with Gasteiger partial charge in [-0.2, -0.15) is 0 Å². The molecule has 1 aromatic heterocycles. The summed E-state index contributed by atoms with van der Waals surface area (Å²) in [6, 6.07) is 3.35. The molecule has 17 heavy (non-hydrogen) atoms. The van der Waals surface area contributed by atoms with Crippen LogP contribution in [-0.4, -0.2) is 18.0 Å². The van der Waals surface area contributed by atoms with Gasteiger partial charge in [-0.3, -0.25) is 4.79 Å². The van der Waals surface area contributed by atoms with E-state index in [4.69, 9.17) is 10.2 Å². The zero-order chi connectivity index (χ0) is 12.8. The molecule has 0 spiro atoms. The molecule has 2 atom stereocenters. The maximum absolute atomic E-state index is 11.8. The highest BCUT2D eigenvalue weighted by Crippen LogP contribution is 2.06. The Bertz CT molecular complexity index is 333. The highest BCUT2D eigenvalue weighted by atomic mass is 16.3. The minimum Gasteiger partial charge on any atom is -0.469 e. The van der Waals surface area contributed by atoms with Crippen LogP contribution in [0.3, 0.4) is 0 Å². The zero-order valence-corrected chi connectivity index (χ0v) is 10.8. The Morgan fingerprint density at radius 3 is 2.71 bits per heavy atom. The standard InChI is InChI=1S/C13H22N2O2/c1-9(2)7-12(14)13(16)15-10(3)8-11-5-4-6-17-11/h4-6,9-10,12H,7-8,14H2,1-3H3,(H,15,16)/t10?,12-/m0/s1. The maximum Gasteiger partial charge on any atom is 0.237 e. The van der Waals surface area contributed by atoms with Crippen molar-refractivity contribution in [2.45, 2.75) is 45.7 Å². The summed E-state index contributed by atoms with van der Waals surface area (Å²) >= 11 is 0. The monoisotopic (exact) mass is 238 g/mol. The first-order valence-corrected chi connectivity index (χ1v) is 6.07. The van der Waals surface area contributed by atoms with Crippen LogP contribution in [0.5, 0.6) is 0 Å². The lowest BCUT2D eigenvalue weighted by Crippen LogP contribution is -2.45. The van der Waals surface area contributed by atoms with Crippen molar-refractivity contribution in [1.29, 1.82) is 0 Å². The first-order chi connectivity index (χ1) is 7.99. The van der Waals surface area contributed by atoms with Gasteiger partial charge < -0.3 is 15.5 Å². The lowest BCUT2D eigenvalue weighted by atomic mass is 10.0. The lowest BCUT2D eigenvalue weighted by molar-refractivity contribution is -0.123. The average molecular weight is 238 g/mol. The molecule has 0 saturated heterocycles. The van der Waals surface area contributed by atoms with E-state index >= 15 is 0 Å². The van der Waals surface area contributed by atoms with Gasteiger partial charge in [0, 0.05) is 12.5 Å². The number of nitrogens with two attached hydrogens (primary N) is 1. The highest BCUT2D eigenvalue weighted by molar-refractivity contribution is 5.81. The molecule has 0 radical (unpaired) electrons. The summed E-state index contributed by atoms with van der Waals surface area (Å²) in [4.78, 5) is 11.8. The van der Waals surface area contributed by atoms with E-state index in [0.717, 1.165) is 5.76 Å². The van der Waals surface area contributed by atoms with Crippen molar-refractivity contribution in [1.82, 2.24) is 5.32 Å². The zero-order valence-electron chi connectivity index (χ0n) is 10.8. The molecule has 0 bridgehead atoms. The van der Waals surface area contributed by atoms with Gasteiger partial charge >= 0.3 is 0 Å². The molecule has 0 aliphatic rings. The number of rotatable bonds is 6. The average Bonchev–Trinajstić information content (AvgIpc) is 2.68. The SMILES string of the molecule is CC(C)C[C@H](N)C(=O)NC(C)Cc1ccco1. The van der Waals surface area contributed by atoms with Crippen molar-refractivity contribution in [2.75, 3.05) is 0 Å². The Kier molecular flexibility index (Phi) is 5.22. The first kappa shape index (κ1) is 13.8. The van der Waals surface area contributed by atoms with Gasteiger partial charge in [-0.15, -0.1) is 0 Å². The Labute approximate surface area is 103 Å². The van der Waals surface area contributed by atoms with Crippen molar-refractivity contribution in [3.8, 4) is 0 Å². The first-order valence-electron chi connectivity index (χ1n) is 6.07. The van der Waals surface area contributed by atoms with Crippen molar-refractivity contribution >= 4 is 5.91 Å². The van der Waals surface area contributed by atoms with Gasteiger partial charge in [0.25, 0.3) is 0 Å². The predicted molar refractivity (Wildman–Crippen MR) is 67.4 cm³/mol. The van der Waals surface area contributed by atoms with Gasteiger partial charge in [0.15, 0.2) is 0 Å². The number of furan rings is 1. The fourth-order valence-corrected chi connectivity index (χ4v) is 1.75. The normalized spacial score (nSPS) is 14.6. The second kappa shape index (κ2) is 6.45. The molecule has 1 aromatic rings. The van der Waals surface area contributed by atoms with E-state index in [0.29, 0.717) is 18.8 Å². The molecule has 1 unspecified atom stereocenters. The van der Waals surface area contributed by atoms with Crippen LogP contribution in [0.1, 0.15) is 33.0 Å². The minimum atomic E-state index is -0.422. The van der Waals surface area contributed by atoms with Gasteiger partial charge in [-0.1, -0.05) is 13.8 Å². The summed E-state index contributed by atoms with van der Waals surface area (Å²) in [5.41, 5.74) is 5.80. The summed E-state index contributed by atoms with van der Waals surface area (Å²) < 4.78 is 5.23. The summed E-state index contributed by atoms with van der Waals surface area (Å²) in [6.07, 6.45) is 3.03. The lowest BCUT2D eigenvalue weighted by Gasteiger charge is -2.18. The van der Waals surface area contributed by atoms with Gasteiger partial charge in [-0.05, 0) is 31.4 Å². The molecule has 1 amide bonds. The van der Waals surface area contributed by atoms with Crippen LogP contribution in [0.15, 0.2) is 22.8 Å². The Balaban J connectivity index is 2.35.